The standard InChI is InChI=1S/C16H26N2/c1-4-7-18-12-16(9-14(10-16)13(2)3)15-6-5-8-17-11-15/h5-6,8,11,13-14,18H,4,7,9-10,12H2,1-3H3. The van der Waals surface area contributed by atoms with E-state index in [-0.39, 0.29) is 0 Å². The predicted molar refractivity (Wildman–Crippen MR) is 76.6 cm³/mol. The lowest BCUT2D eigenvalue weighted by molar-refractivity contribution is 0.0976. The van der Waals surface area contributed by atoms with Crippen LogP contribution in [0.5, 0.6) is 0 Å². The van der Waals surface area contributed by atoms with Crippen molar-refractivity contribution >= 4 is 0 Å². The van der Waals surface area contributed by atoms with Gasteiger partial charge in [-0.15, -0.1) is 0 Å². The summed E-state index contributed by atoms with van der Waals surface area (Å²) in [5, 5.41) is 3.61. The van der Waals surface area contributed by atoms with Gasteiger partial charge in [-0.2, -0.15) is 0 Å². The molecule has 2 heteroatoms. The Labute approximate surface area is 111 Å². The van der Waals surface area contributed by atoms with E-state index < -0.39 is 0 Å². The van der Waals surface area contributed by atoms with E-state index in [4.69, 9.17) is 0 Å². The molecule has 0 saturated heterocycles. The topological polar surface area (TPSA) is 24.9 Å². The van der Waals surface area contributed by atoms with Crippen molar-refractivity contribution in [3.63, 3.8) is 0 Å². The maximum absolute atomic E-state index is 4.30. The summed E-state index contributed by atoms with van der Waals surface area (Å²) in [7, 11) is 0. The second-order valence-electron chi connectivity index (χ2n) is 6.11. The highest BCUT2D eigenvalue weighted by atomic mass is 14.9. The van der Waals surface area contributed by atoms with Crippen LogP contribution in [0.15, 0.2) is 24.5 Å². The Hall–Kier alpha value is -0.890. The first-order chi connectivity index (χ1) is 8.68. The van der Waals surface area contributed by atoms with Crippen LogP contribution in [0.25, 0.3) is 0 Å². The van der Waals surface area contributed by atoms with Crippen molar-refractivity contribution < 1.29 is 0 Å². The molecule has 1 N–H and O–H groups in total. The Morgan fingerprint density at radius 1 is 1.44 bits per heavy atom. The number of aromatic nitrogens is 1. The molecule has 1 fully saturated rings. The van der Waals surface area contributed by atoms with Crippen LogP contribution in [0.1, 0.15) is 45.6 Å². The molecule has 1 aliphatic carbocycles. The summed E-state index contributed by atoms with van der Waals surface area (Å²) in [6.45, 7) is 9.14. The predicted octanol–water partition coefficient (Wildman–Crippen LogP) is 3.39. The van der Waals surface area contributed by atoms with Gasteiger partial charge in [-0.25, -0.2) is 0 Å². The van der Waals surface area contributed by atoms with Gasteiger partial charge >= 0.3 is 0 Å². The molecule has 100 valence electrons. The lowest BCUT2D eigenvalue weighted by Gasteiger charge is -2.50. The molecule has 18 heavy (non-hydrogen) atoms. The van der Waals surface area contributed by atoms with Gasteiger partial charge in [-0.3, -0.25) is 4.98 Å². The highest BCUT2D eigenvalue weighted by Crippen LogP contribution is 2.50. The van der Waals surface area contributed by atoms with Crippen LogP contribution in [0, 0.1) is 11.8 Å². The van der Waals surface area contributed by atoms with E-state index >= 15 is 0 Å². The molecule has 0 aliphatic heterocycles. The first kappa shape index (κ1) is 13.5. The molecule has 2 rings (SSSR count). The third kappa shape index (κ3) is 2.74. The lowest BCUT2D eigenvalue weighted by Crippen LogP contribution is -2.50. The summed E-state index contributed by atoms with van der Waals surface area (Å²) < 4.78 is 0. The van der Waals surface area contributed by atoms with E-state index in [2.05, 4.69) is 49.4 Å². The Morgan fingerprint density at radius 3 is 2.78 bits per heavy atom. The number of hydrogen-bond acceptors (Lipinski definition) is 2. The van der Waals surface area contributed by atoms with Gasteiger partial charge in [0.2, 0.25) is 0 Å². The number of nitrogens with zero attached hydrogens (tertiary/aromatic N) is 1. The fraction of sp³-hybridized carbons (Fsp3) is 0.688. The number of rotatable bonds is 6. The van der Waals surface area contributed by atoms with Gasteiger partial charge in [0.1, 0.15) is 0 Å². The van der Waals surface area contributed by atoms with Gasteiger partial charge < -0.3 is 5.32 Å². The molecule has 0 radical (unpaired) electrons. The van der Waals surface area contributed by atoms with Crippen LogP contribution >= 0.6 is 0 Å². The third-order valence-electron chi connectivity index (χ3n) is 4.41. The first-order valence-corrected chi connectivity index (χ1v) is 7.29. The van der Waals surface area contributed by atoms with Crippen molar-refractivity contribution in [2.24, 2.45) is 11.8 Å². The van der Waals surface area contributed by atoms with Crippen molar-refractivity contribution in [1.29, 1.82) is 0 Å². The monoisotopic (exact) mass is 246 g/mol. The normalized spacial score (nSPS) is 27.2. The highest BCUT2D eigenvalue weighted by Gasteiger charge is 2.46. The summed E-state index contributed by atoms with van der Waals surface area (Å²) in [6, 6.07) is 4.32. The van der Waals surface area contributed by atoms with Crippen molar-refractivity contribution in [2.75, 3.05) is 13.1 Å². The summed E-state index contributed by atoms with van der Waals surface area (Å²) >= 11 is 0. The third-order valence-corrected chi connectivity index (χ3v) is 4.41. The SMILES string of the molecule is CCCNCC1(c2cccnc2)CC(C(C)C)C1. The second kappa shape index (κ2) is 5.83. The Bertz CT molecular complexity index is 353. The minimum Gasteiger partial charge on any atom is -0.316 e. The molecule has 0 aromatic carbocycles. The van der Waals surface area contributed by atoms with Gasteiger partial charge in [0.15, 0.2) is 0 Å². The van der Waals surface area contributed by atoms with Crippen LogP contribution in [-0.2, 0) is 5.41 Å². The highest BCUT2D eigenvalue weighted by molar-refractivity contribution is 5.27. The zero-order valence-electron chi connectivity index (χ0n) is 11.9. The average Bonchev–Trinajstić information content (AvgIpc) is 2.33. The molecule has 1 aromatic rings. The number of nitrogens with one attached hydrogen (secondary N) is 1. The maximum atomic E-state index is 4.30. The van der Waals surface area contributed by atoms with Crippen LogP contribution in [0.4, 0.5) is 0 Å². The number of hydrogen-bond donors (Lipinski definition) is 1. The fourth-order valence-electron chi connectivity index (χ4n) is 3.08. The summed E-state index contributed by atoms with van der Waals surface area (Å²) in [5.74, 6) is 1.69. The van der Waals surface area contributed by atoms with Gasteiger partial charge in [0, 0.05) is 24.4 Å². The zero-order valence-corrected chi connectivity index (χ0v) is 11.9. The van der Waals surface area contributed by atoms with Crippen LogP contribution in [0.3, 0.4) is 0 Å². The van der Waals surface area contributed by atoms with Crippen molar-refractivity contribution in [3.05, 3.63) is 30.1 Å². The molecule has 0 amide bonds. The van der Waals surface area contributed by atoms with E-state index in [1.807, 2.05) is 6.20 Å². The van der Waals surface area contributed by atoms with E-state index in [0.717, 1.165) is 24.9 Å². The quantitative estimate of drug-likeness (QED) is 0.778. The molecule has 1 aliphatic rings. The minimum absolute atomic E-state index is 0.346. The van der Waals surface area contributed by atoms with Gasteiger partial charge in [-0.1, -0.05) is 26.8 Å². The zero-order chi connectivity index (χ0) is 13.0. The molecule has 1 heterocycles. The first-order valence-electron chi connectivity index (χ1n) is 7.29. The average molecular weight is 246 g/mol. The number of pyridine rings is 1. The fourth-order valence-corrected chi connectivity index (χ4v) is 3.08. The van der Waals surface area contributed by atoms with Crippen LogP contribution in [0.2, 0.25) is 0 Å². The molecular weight excluding hydrogens is 220 g/mol. The molecule has 0 spiro atoms. The summed E-state index contributed by atoms with van der Waals surface area (Å²) in [4.78, 5) is 4.30. The van der Waals surface area contributed by atoms with Gasteiger partial charge in [0.05, 0.1) is 0 Å². The molecule has 0 atom stereocenters. The van der Waals surface area contributed by atoms with Crippen molar-refractivity contribution in [2.45, 2.75) is 45.4 Å². The van der Waals surface area contributed by atoms with Crippen molar-refractivity contribution in [3.8, 4) is 0 Å². The molecule has 1 aromatic heterocycles. The van der Waals surface area contributed by atoms with Crippen LogP contribution < -0.4 is 5.32 Å². The molecular formula is C16H26N2. The van der Waals surface area contributed by atoms with Crippen LogP contribution in [-0.4, -0.2) is 18.1 Å². The van der Waals surface area contributed by atoms with E-state index in [1.54, 1.807) is 0 Å². The maximum Gasteiger partial charge on any atom is 0.0306 e. The molecule has 0 unspecified atom stereocenters. The summed E-state index contributed by atoms with van der Waals surface area (Å²) in [6.07, 6.45) is 7.76. The van der Waals surface area contributed by atoms with E-state index in [0.29, 0.717) is 5.41 Å². The largest absolute Gasteiger partial charge is 0.316 e. The van der Waals surface area contributed by atoms with E-state index in [1.165, 1.54) is 24.8 Å². The molecule has 2 nitrogen and oxygen atoms in total. The Morgan fingerprint density at radius 2 is 2.22 bits per heavy atom. The molecule has 1 saturated carbocycles. The minimum atomic E-state index is 0.346. The van der Waals surface area contributed by atoms with Crippen molar-refractivity contribution in [1.82, 2.24) is 10.3 Å². The van der Waals surface area contributed by atoms with Gasteiger partial charge in [-0.05, 0) is 49.3 Å². The Balaban J connectivity index is 2.06. The van der Waals surface area contributed by atoms with E-state index in [9.17, 15) is 0 Å². The molecule has 0 bridgehead atoms. The van der Waals surface area contributed by atoms with Gasteiger partial charge in [0.25, 0.3) is 0 Å². The Kier molecular flexibility index (Phi) is 4.39. The lowest BCUT2D eigenvalue weighted by atomic mass is 9.56. The smallest absolute Gasteiger partial charge is 0.0306 e. The second-order valence-corrected chi connectivity index (χ2v) is 6.11. The summed E-state index contributed by atoms with van der Waals surface area (Å²) in [5.41, 5.74) is 1.77.